The van der Waals surface area contributed by atoms with E-state index in [9.17, 15) is 9.59 Å². The van der Waals surface area contributed by atoms with Crippen LogP contribution in [0, 0.1) is 13.8 Å². The molecule has 0 saturated carbocycles. The first-order valence-corrected chi connectivity index (χ1v) is 9.62. The minimum Gasteiger partial charge on any atom is -0.378 e. The molecular formula is C23H23N5O2. The first-order chi connectivity index (χ1) is 14.4. The van der Waals surface area contributed by atoms with Crippen LogP contribution in [-0.2, 0) is 0 Å². The predicted molar refractivity (Wildman–Crippen MR) is 121 cm³/mol. The van der Waals surface area contributed by atoms with Crippen molar-refractivity contribution in [1.82, 2.24) is 14.2 Å². The topological polar surface area (TPSA) is 75.4 Å². The largest absolute Gasteiger partial charge is 0.378 e. The van der Waals surface area contributed by atoms with Crippen LogP contribution in [0.1, 0.15) is 17.0 Å². The van der Waals surface area contributed by atoms with Crippen molar-refractivity contribution in [3.8, 4) is 5.69 Å². The number of nitrogens with one attached hydrogen (secondary N) is 1. The zero-order valence-corrected chi connectivity index (χ0v) is 17.4. The third kappa shape index (κ3) is 3.34. The summed E-state index contributed by atoms with van der Waals surface area (Å²) in [5, 5.41) is 4.60. The lowest BCUT2D eigenvalue weighted by atomic mass is 10.2. The molecule has 0 amide bonds. The molecule has 0 aliphatic heterocycles. The van der Waals surface area contributed by atoms with Crippen LogP contribution < -0.4 is 16.1 Å². The zero-order chi connectivity index (χ0) is 21.4. The molecule has 2 aromatic carbocycles. The van der Waals surface area contributed by atoms with Gasteiger partial charge < -0.3 is 14.5 Å². The van der Waals surface area contributed by atoms with Gasteiger partial charge in [-0.2, -0.15) is 5.10 Å². The van der Waals surface area contributed by atoms with E-state index in [2.05, 4.69) is 43.8 Å². The van der Waals surface area contributed by atoms with Gasteiger partial charge in [0.2, 0.25) is 0 Å². The number of rotatable bonds is 4. The molecule has 7 heteroatoms. The van der Waals surface area contributed by atoms with Crippen LogP contribution in [0.25, 0.3) is 16.6 Å². The molecule has 0 saturated heterocycles. The van der Waals surface area contributed by atoms with Gasteiger partial charge in [-0.25, -0.2) is 4.79 Å². The number of anilines is 1. The molecule has 4 aromatic rings. The smallest absolute Gasteiger partial charge is 0.349 e. The second kappa shape index (κ2) is 7.51. The normalized spacial score (nSPS) is 11.5. The second-order valence-electron chi connectivity index (χ2n) is 7.41. The van der Waals surface area contributed by atoms with Crippen molar-refractivity contribution in [2.75, 3.05) is 19.0 Å². The lowest BCUT2D eigenvalue weighted by Gasteiger charge is -2.14. The Labute approximate surface area is 173 Å². The predicted octanol–water partition coefficient (Wildman–Crippen LogP) is 3.05. The van der Waals surface area contributed by atoms with Crippen molar-refractivity contribution in [3.05, 3.63) is 92.4 Å². The molecule has 0 bridgehead atoms. The lowest BCUT2D eigenvalue weighted by Crippen LogP contribution is -2.32. The Morgan fingerprint density at radius 2 is 1.70 bits per heavy atom. The molecule has 30 heavy (non-hydrogen) atoms. The number of aromatic nitrogens is 3. The summed E-state index contributed by atoms with van der Waals surface area (Å²) < 4.78 is 2.98. The van der Waals surface area contributed by atoms with Crippen LogP contribution >= 0.6 is 0 Å². The minimum atomic E-state index is -0.567. The fourth-order valence-corrected chi connectivity index (χ4v) is 3.59. The van der Waals surface area contributed by atoms with Crippen LogP contribution in [0.2, 0.25) is 0 Å². The number of hydrogen-bond acceptors (Lipinski definition) is 4. The van der Waals surface area contributed by atoms with E-state index in [4.69, 9.17) is 0 Å². The third-order valence-electron chi connectivity index (χ3n) is 5.19. The summed E-state index contributed by atoms with van der Waals surface area (Å²) in [5.41, 5.74) is 4.49. The summed E-state index contributed by atoms with van der Waals surface area (Å²) in [5.74, 6) is 0. The van der Waals surface area contributed by atoms with E-state index in [0.717, 1.165) is 33.0 Å². The van der Waals surface area contributed by atoms with Gasteiger partial charge in [-0.3, -0.25) is 4.79 Å². The highest BCUT2D eigenvalue weighted by atomic mass is 16.2. The maximum Gasteiger partial charge on any atom is 0.349 e. The van der Waals surface area contributed by atoms with E-state index in [1.807, 2.05) is 34.0 Å². The summed E-state index contributed by atoms with van der Waals surface area (Å²) in [4.78, 5) is 29.7. The van der Waals surface area contributed by atoms with Gasteiger partial charge in [0.05, 0.1) is 17.1 Å². The standard InChI is InChI=1S/C23H23N5O2/c1-15-13-17(16(2)27(15)19-11-9-18(10-12-19)26(3)4)14-24-28-22(29)20-7-5-6-8-21(20)25-23(28)30/h5-14H,1-4H3,(H,25,30). The van der Waals surface area contributed by atoms with Crippen molar-refractivity contribution >= 4 is 22.8 Å². The molecule has 7 nitrogen and oxygen atoms in total. The Kier molecular flexibility index (Phi) is 4.87. The maximum absolute atomic E-state index is 12.7. The zero-order valence-electron chi connectivity index (χ0n) is 17.4. The number of H-pyrrole nitrogens is 1. The molecule has 0 radical (unpaired) electrons. The number of hydrogen-bond donors (Lipinski definition) is 1. The number of aryl methyl sites for hydroxylation is 1. The molecule has 0 aliphatic rings. The SMILES string of the molecule is Cc1cc(C=Nn2c(=O)[nH]c3ccccc3c2=O)c(C)n1-c1ccc(N(C)C)cc1. The molecule has 0 aliphatic carbocycles. The first kappa shape index (κ1) is 19.4. The second-order valence-corrected chi connectivity index (χ2v) is 7.41. The van der Waals surface area contributed by atoms with Crippen LogP contribution in [-0.4, -0.2) is 34.5 Å². The summed E-state index contributed by atoms with van der Waals surface area (Å²) in [6.07, 6.45) is 1.55. The summed E-state index contributed by atoms with van der Waals surface area (Å²) in [7, 11) is 4.01. The highest BCUT2D eigenvalue weighted by Crippen LogP contribution is 2.22. The number of nitrogens with zero attached hydrogens (tertiary/aromatic N) is 4. The van der Waals surface area contributed by atoms with Gasteiger partial charge >= 0.3 is 5.69 Å². The van der Waals surface area contributed by atoms with Crippen LogP contribution in [0.15, 0.2) is 69.3 Å². The van der Waals surface area contributed by atoms with Gasteiger partial charge in [0, 0.05) is 42.4 Å². The van der Waals surface area contributed by atoms with Crippen LogP contribution in [0.5, 0.6) is 0 Å². The van der Waals surface area contributed by atoms with E-state index in [0.29, 0.717) is 10.9 Å². The summed E-state index contributed by atoms with van der Waals surface area (Å²) >= 11 is 0. The van der Waals surface area contributed by atoms with Gasteiger partial charge in [-0.05, 0) is 56.3 Å². The Morgan fingerprint density at radius 3 is 2.40 bits per heavy atom. The Morgan fingerprint density at radius 1 is 1.00 bits per heavy atom. The molecule has 4 rings (SSSR count). The fraction of sp³-hybridized carbons (Fsp3) is 0.174. The van der Waals surface area contributed by atoms with Crippen LogP contribution in [0.4, 0.5) is 5.69 Å². The number of benzene rings is 2. The molecule has 2 aromatic heterocycles. The van der Waals surface area contributed by atoms with E-state index in [1.165, 1.54) is 0 Å². The van der Waals surface area contributed by atoms with Gasteiger partial charge in [-0.1, -0.05) is 12.1 Å². The Balaban J connectivity index is 1.74. The Hall–Kier alpha value is -3.87. The van der Waals surface area contributed by atoms with E-state index in [1.54, 1.807) is 30.5 Å². The number of aromatic amines is 1. The molecule has 2 heterocycles. The average molecular weight is 401 g/mol. The first-order valence-electron chi connectivity index (χ1n) is 9.62. The third-order valence-corrected chi connectivity index (χ3v) is 5.19. The molecule has 0 spiro atoms. The fourth-order valence-electron chi connectivity index (χ4n) is 3.59. The minimum absolute atomic E-state index is 0.417. The van der Waals surface area contributed by atoms with Crippen molar-refractivity contribution < 1.29 is 0 Å². The quantitative estimate of drug-likeness (QED) is 0.534. The molecule has 0 unspecified atom stereocenters. The lowest BCUT2D eigenvalue weighted by molar-refractivity contribution is 0.771. The molecular weight excluding hydrogens is 378 g/mol. The van der Waals surface area contributed by atoms with Gasteiger partial charge in [0.1, 0.15) is 0 Å². The summed E-state index contributed by atoms with van der Waals surface area (Å²) in [6.45, 7) is 4.00. The molecule has 152 valence electrons. The molecule has 1 N–H and O–H groups in total. The van der Waals surface area contributed by atoms with Crippen molar-refractivity contribution in [2.45, 2.75) is 13.8 Å². The van der Waals surface area contributed by atoms with Gasteiger partial charge in [-0.15, -0.1) is 4.68 Å². The average Bonchev–Trinajstić information content (AvgIpc) is 3.01. The van der Waals surface area contributed by atoms with Gasteiger partial charge in [0.15, 0.2) is 0 Å². The van der Waals surface area contributed by atoms with E-state index in [-0.39, 0.29) is 0 Å². The number of fused-ring (bicyclic) bond motifs is 1. The summed E-state index contributed by atoms with van der Waals surface area (Å²) in [6, 6.07) is 17.1. The van der Waals surface area contributed by atoms with Crippen molar-refractivity contribution in [1.29, 1.82) is 0 Å². The monoisotopic (exact) mass is 401 g/mol. The maximum atomic E-state index is 12.7. The van der Waals surface area contributed by atoms with Crippen molar-refractivity contribution in [3.63, 3.8) is 0 Å². The Bertz CT molecular complexity index is 1370. The van der Waals surface area contributed by atoms with E-state index >= 15 is 0 Å². The number of para-hydroxylation sites is 1. The van der Waals surface area contributed by atoms with Gasteiger partial charge in [0.25, 0.3) is 5.56 Å². The highest BCUT2D eigenvalue weighted by Gasteiger charge is 2.11. The van der Waals surface area contributed by atoms with E-state index < -0.39 is 11.2 Å². The molecule has 0 atom stereocenters. The molecule has 0 fully saturated rings. The van der Waals surface area contributed by atoms with Crippen LogP contribution in [0.3, 0.4) is 0 Å². The highest BCUT2D eigenvalue weighted by molar-refractivity contribution is 5.82. The van der Waals surface area contributed by atoms with Crippen molar-refractivity contribution in [2.24, 2.45) is 5.10 Å².